The van der Waals surface area contributed by atoms with Crippen LogP contribution in [-0.4, -0.2) is 30.0 Å². The quantitative estimate of drug-likeness (QED) is 0.533. The highest BCUT2D eigenvalue weighted by molar-refractivity contribution is 7.50. The molecule has 4 fully saturated rings. The summed E-state index contributed by atoms with van der Waals surface area (Å²) in [6, 6.07) is 0. The largest absolute Gasteiger partial charge is 0.482 e. The second-order valence-corrected chi connectivity index (χ2v) is 5.07. The maximum atomic E-state index is 11.3. The first-order valence-corrected chi connectivity index (χ1v) is 5.39. The number of hydrogen-bond acceptors (Lipinski definition) is 5. The van der Waals surface area contributed by atoms with Gasteiger partial charge >= 0.3 is 7.82 Å². The molecular formula is C6H10NO4P. The zero-order valence-electron chi connectivity index (χ0n) is 6.94. The normalized spacial score (nSPS) is 63.2. The van der Waals surface area contributed by atoms with Crippen molar-refractivity contribution in [2.45, 2.75) is 24.9 Å². The van der Waals surface area contributed by atoms with Gasteiger partial charge in [-0.1, -0.05) is 0 Å². The summed E-state index contributed by atoms with van der Waals surface area (Å²) in [5.74, 6) is -0.739. The summed E-state index contributed by atoms with van der Waals surface area (Å²) >= 11 is 0. The first-order valence-electron chi connectivity index (χ1n) is 3.93. The van der Waals surface area contributed by atoms with Crippen LogP contribution in [0.15, 0.2) is 0 Å². The first-order chi connectivity index (χ1) is 5.50. The van der Waals surface area contributed by atoms with Crippen molar-refractivity contribution in [1.82, 2.24) is 4.90 Å². The Kier molecular flexibility index (Phi) is 1.03. The fraction of sp³-hybridized carbons (Fsp3) is 1.00. The van der Waals surface area contributed by atoms with Crippen LogP contribution >= 0.6 is 7.82 Å². The van der Waals surface area contributed by atoms with Gasteiger partial charge in [-0.25, -0.2) is 13.6 Å². The highest BCUT2D eigenvalue weighted by Gasteiger charge is 2.80. The fourth-order valence-corrected chi connectivity index (χ4v) is 4.12. The number of likely N-dealkylation sites (N-methyl/N-ethyl adjacent to an activating group) is 1. The average molecular weight is 191 g/mol. The summed E-state index contributed by atoms with van der Waals surface area (Å²) in [5, 5.41) is 0. The van der Waals surface area contributed by atoms with Crippen LogP contribution < -0.4 is 0 Å². The van der Waals surface area contributed by atoms with Gasteiger partial charge in [-0.3, -0.25) is 9.42 Å². The van der Waals surface area contributed by atoms with Crippen molar-refractivity contribution in [2.24, 2.45) is 0 Å². The van der Waals surface area contributed by atoms with Crippen molar-refractivity contribution >= 4 is 7.82 Å². The van der Waals surface area contributed by atoms with E-state index >= 15 is 0 Å². The lowest BCUT2D eigenvalue weighted by Crippen LogP contribution is -2.52. The summed E-state index contributed by atoms with van der Waals surface area (Å²) < 4.78 is 27.0. The van der Waals surface area contributed by atoms with Crippen LogP contribution in [0.1, 0.15) is 13.3 Å². The fourth-order valence-electron chi connectivity index (χ4n) is 2.07. The second kappa shape index (κ2) is 1.65. The first kappa shape index (κ1) is 7.47. The number of likely N-dealkylation sites (tertiary alicyclic amines) is 1. The molecule has 4 heterocycles. The topological polar surface area (TPSA) is 48.0 Å². The maximum Gasteiger partial charge on any atom is 0.482 e. The van der Waals surface area contributed by atoms with Gasteiger partial charge in [0.25, 0.3) is 0 Å². The van der Waals surface area contributed by atoms with Crippen LogP contribution in [0, 0.1) is 0 Å². The number of phosphoric acid groups is 1. The Bertz CT molecular complexity index is 296. The van der Waals surface area contributed by atoms with Crippen molar-refractivity contribution in [3.63, 3.8) is 0 Å². The van der Waals surface area contributed by atoms with Crippen LogP contribution in [0.2, 0.25) is 0 Å². The molecule has 68 valence electrons. The van der Waals surface area contributed by atoms with Crippen molar-refractivity contribution in [3.8, 4) is 0 Å². The van der Waals surface area contributed by atoms with Crippen molar-refractivity contribution in [2.75, 3.05) is 13.6 Å². The third-order valence-electron chi connectivity index (χ3n) is 3.02. The molecule has 1 spiro atoms. The lowest BCUT2D eigenvalue weighted by atomic mass is 10.1. The Balaban J connectivity index is 2.11. The van der Waals surface area contributed by atoms with E-state index in [2.05, 4.69) is 0 Å². The Hall–Kier alpha value is 0.0700. The second-order valence-electron chi connectivity index (χ2n) is 3.63. The maximum absolute atomic E-state index is 11.3. The summed E-state index contributed by atoms with van der Waals surface area (Å²) in [6.45, 7) is 2.70. The van der Waals surface area contributed by atoms with Crippen LogP contribution in [0.3, 0.4) is 0 Å². The molecule has 0 radical (unpaired) electrons. The average Bonchev–Trinajstić information content (AvgIpc) is 2.34. The van der Waals surface area contributed by atoms with E-state index in [1.807, 2.05) is 18.9 Å². The molecule has 4 rings (SSSR count). The van der Waals surface area contributed by atoms with Crippen molar-refractivity contribution in [1.29, 1.82) is 0 Å². The molecule has 2 bridgehead atoms. The van der Waals surface area contributed by atoms with Gasteiger partial charge in [0.15, 0.2) is 5.72 Å². The smallest absolute Gasteiger partial charge is 0.274 e. The molecule has 1 atom stereocenters. The van der Waals surface area contributed by atoms with Gasteiger partial charge in [0.05, 0.1) is 0 Å². The number of phosphoric ester groups is 1. The highest BCUT2D eigenvalue weighted by atomic mass is 31.2. The van der Waals surface area contributed by atoms with Gasteiger partial charge in [-0.15, -0.1) is 0 Å². The summed E-state index contributed by atoms with van der Waals surface area (Å²) in [4.78, 5) is 1.97. The minimum atomic E-state index is -3.13. The zero-order valence-corrected chi connectivity index (χ0v) is 7.84. The lowest BCUT2D eigenvalue weighted by molar-refractivity contribution is -0.212. The molecule has 0 saturated carbocycles. The van der Waals surface area contributed by atoms with Gasteiger partial charge in [0.2, 0.25) is 5.79 Å². The standard InChI is InChI=1S/C6H10NO4P/c1-5-6(3-4-7(5)2)10-12(8,9-5)11-6/h3-4H2,1-2H3. The summed E-state index contributed by atoms with van der Waals surface area (Å²) in [7, 11) is -1.22. The third-order valence-corrected chi connectivity index (χ3v) is 4.64. The molecule has 6 heteroatoms. The lowest BCUT2D eigenvalue weighted by Gasteiger charge is -2.35. The van der Waals surface area contributed by atoms with E-state index in [1.165, 1.54) is 0 Å². The molecule has 0 amide bonds. The molecule has 5 nitrogen and oxygen atoms in total. The molecular weight excluding hydrogens is 181 g/mol. The number of rotatable bonds is 0. The van der Waals surface area contributed by atoms with Gasteiger partial charge < -0.3 is 0 Å². The predicted molar refractivity (Wildman–Crippen MR) is 39.2 cm³/mol. The van der Waals surface area contributed by atoms with Crippen LogP contribution in [0.25, 0.3) is 0 Å². The number of nitrogens with zero attached hydrogens (tertiary/aromatic N) is 1. The molecule has 4 aliphatic heterocycles. The van der Waals surface area contributed by atoms with E-state index in [9.17, 15) is 4.57 Å². The minimum Gasteiger partial charge on any atom is -0.274 e. The van der Waals surface area contributed by atoms with Crippen molar-refractivity contribution < 1.29 is 18.1 Å². The monoisotopic (exact) mass is 191 g/mol. The van der Waals surface area contributed by atoms with Gasteiger partial charge in [-0.2, -0.15) is 0 Å². The minimum absolute atomic E-state index is 0.636. The molecule has 0 aromatic rings. The van der Waals surface area contributed by atoms with Gasteiger partial charge in [-0.05, 0) is 14.0 Å². The van der Waals surface area contributed by atoms with Crippen LogP contribution in [-0.2, 0) is 18.1 Å². The Morgan fingerprint density at radius 1 is 1.42 bits per heavy atom. The molecule has 0 N–H and O–H groups in total. The van der Waals surface area contributed by atoms with E-state index in [-0.39, 0.29) is 0 Å². The predicted octanol–water partition coefficient (Wildman–Crippen LogP) is 0.919. The van der Waals surface area contributed by atoms with Crippen LogP contribution in [0.4, 0.5) is 0 Å². The van der Waals surface area contributed by atoms with E-state index in [1.54, 1.807) is 0 Å². The van der Waals surface area contributed by atoms with Crippen molar-refractivity contribution in [3.05, 3.63) is 0 Å². The molecule has 4 aliphatic rings. The Morgan fingerprint density at radius 2 is 2.08 bits per heavy atom. The Labute approximate surface area is 70.2 Å². The van der Waals surface area contributed by atoms with Crippen LogP contribution in [0.5, 0.6) is 0 Å². The van der Waals surface area contributed by atoms with E-state index in [4.69, 9.17) is 13.6 Å². The summed E-state index contributed by atoms with van der Waals surface area (Å²) in [5.41, 5.74) is -0.636. The molecule has 12 heavy (non-hydrogen) atoms. The molecule has 0 aromatic heterocycles. The SMILES string of the molecule is CN1CCC23OP(=O)(O2)OC13C. The van der Waals surface area contributed by atoms with E-state index in [0.29, 0.717) is 0 Å². The zero-order chi connectivity index (χ0) is 8.61. The van der Waals surface area contributed by atoms with E-state index in [0.717, 1.165) is 13.0 Å². The van der Waals surface area contributed by atoms with E-state index < -0.39 is 19.3 Å². The number of hydrogen-bond donors (Lipinski definition) is 0. The molecule has 4 saturated heterocycles. The van der Waals surface area contributed by atoms with Gasteiger partial charge in [0, 0.05) is 13.0 Å². The third kappa shape index (κ3) is 0.543. The Morgan fingerprint density at radius 3 is 2.67 bits per heavy atom. The molecule has 0 aliphatic carbocycles. The van der Waals surface area contributed by atoms with Gasteiger partial charge in [0.1, 0.15) is 0 Å². The summed E-state index contributed by atoms with van der Waals surface area (Å²) in [6.07, 6.45) is 0.726. The molecule has 1 unspecified atom stereocenters. The molecule has 0 aromatic carbocycles. The highest BCUT2D eigenvalue weighted by Crippen LogP contribution is 2.80.